The number of Topliss-reactive ketones (excluding diaryl/α,β-unsaturated/α-hetero) is 2. The van der Waals surface area contributed by atoms with Gasteiger partial charge >= 0.3 is 0 Å². The third kappa shape index (κ3) is 2.85. The molecule has 33 heavy (non-hydrogen) atoms. The number of allylic oxidation sites excluding steroid dienone is 1. The Bertz CT molecular complexity index is 914. The molecule has 10 atom stereocenters. The van der Waals surface area contributed by atoms with Crippen LogP contribution in [0.15, 0.2) is 11.6 Å². The molecule has 0 spiro atoms. The highest BCUT2D eigenvalue weighted by Gasteiger charge is 2.77. The Kier molecular flexibility index (Phi) is 5.13. The van der Waals surface area contributed by atoms with E-state index in [1.165, 1.54) is 0 Å². The fraction of sp³-hybridized carbons (Fsp3) is 0.840. The molecule has 0 aromatic heterocycles. The second kappa shape index (κ2) is 7.18. The summed E-state index contributed by atoms with van der Waals surface area (Å²) in [6, 6.07) is 0. The van der Waals surface area contributed by atoms with Crippen LogP contribution in [0.2, 0.25) is 0 Å². The highest BCUT2D eigenvalue weighted by molar-refractivity contribution is 5.89. The molecule has 5 aliphatic rings. The first kappa shape index (κ1) is 23.6. The lowest BCUT2D eigenvalue weighted by atomic mass is 9.52. The van der Waals surface area contributed by atoms with E-state index in [9.17, 15) is 30.0 Å². The number of hydrogen-bond acceptors (Lipinski definition) is 8. The predicted molar refractivity (Wildman–Crippen MR) is 116 cm³/mol. The average Bonchev–Trinajstić information content (AvgIpc) is 3.03. The molecule has 8 nitrogen and oxygen atoms in total. The van der Waals surface area contributed by atoms with Crippen LogP contribution < -0.4 is 0 Å². The Labute approximate surface area is 194 Å². The lowest BCUT2D eigenvalue weighted by molar-refractivity contribution is -0.341. The second-order valence-corrected chi connectivity index (χ2v) is 11.9. The molecule has 4 fully saturated rings. The highest BCUT2D eigenvalue weighted by Crippen LogP contribution is 2.64. The number of aliphatic hydroxyl groups is 4. The molecule has 2 bridgehead atoms. The van der Waals surface area contributed by atoms with Crippen molar-refractivity contribution in [1.29, 1.82) is 0 Å². The molecule has 2 heterocycles. The minimum atomic E-state index is -2.04. The van der Waals surface area contributed by atoms with Crippen molar-refractivity contribution < 1.29 is 39.5 Å². The number of rotatable bonds is 4. The predicted octanol–water partition coefficient (Wildman–Crippen LogP) is 0.882. The van der Waals surface area contributed by atoms with E-state index in [2.05, 4.69) is 0 Å². The van der Waals surface area contributed by atoms with Gasteiger partial charge in [-0.25, -0.2) is 0 Å². The van der Waals surface area contributed by atoms with Crippen molar-refractivity contribution in [3.8, 4) is 0 Å². The SMILES string of the molecule is CC(C)C(=O)CC[C@]1(C)CC[C@]2(C)[C@@H](CC=C3C(O)C4(O)COC5O[C@H]2[C@@H]3C5(O)C4O)C1=O. The first-order valence-electron chi connectivity index (χ1n) is 12.2. The van der Waals surface area contributed by atoms with Gasteiger partial charge in [0.15, 0.2) is 11.9 Å². The quantitative estimate of drug-likeness (QED) is 0.451. The van der Waals surface area contributed by atoms with Crippen LogP contribution in [-0.4, -0.2) is 74.4 Å². The Morgan fingerprint density at radius 2 is 1.91 bits per heavy atom. The van der Waals surface area contributed by atoms with Crippen LogP contribution in [0.1, 0.15) is 59.8 Å². The summed E-state index contributed by atoms with van der Waals surface area (Å²) in [6.45, 7) is 7.29. The van der Waals surface area contributed by atoms with Crippen molar-refractivity contribution in [2.24, 2.45) is 28.6 Å². The number of ether oxygens (including phenoxy) is 2. The molecule has 2 aliphatic heterocycles. The Morgan fingerprint density at radius 3 is 2.58 bits per heavy atom. The third-order valence-corrected chi connectivity index (χ3v) is 9.70. The lowest BCUT2D eigenvalue weighted by Gasteiger charge is -2.56. The van der Waals surface area contributed by atoms with Gasteiger partial charge in [-0.05, 0) is 31.3 Å². The fourth-order valence-corrected chi connectivity index (χ4v) is 7.24. The van der Waals surface area contributed by atoms with Crippen molar-refractivity contribution in [2.75, 3.05) is 6.61 Å². The van der Waals surface area contributed by atoms with E-state index in [1.54, 1.807) is 6.08 Å². The summed E-state index contributed by atoms with van der Waals surface area (Å²) in [5.41, 5.74) is -4.83. The zero-order valence-corrected chi connectivity index (χ0v) is 19.8. The number of carbonyl (C=O) groups is 2. The van der Waals surface area contributed by atoms with Gasteiger partial charge in [0, 0.05) is 35.0 Å². The molecule has 3 aliphatic carbocycles. The van der Waals surface area contributed by atoms with Gasteiger partial charge in [0.2, 0.25) is 0 Å². The molecule has 0 amide bonds. The average molecular weight is 465 g/mol. The van der Waals surface area contributed by atoms with Crippen LogP contribution in [0.25, 0.3) is 0 Å². The highest BCUT2D eigenvalue weighted by atomic mass is 16.7. The summed E-state index contributed by atoms with van der Waals surface area (Å²) in [4.78, 5) is 26.2. The normalized spacial score (nSPS) is 52.9. The van der Waals surface area contributed by atoms with Crippen LogP contribution >= 0.6 is 0 Å². The van der Waals surface area contributed by atoms with Gasteiger partial charge in [-0.15, -0.1) is 0 Å². The van der Waals surface area contributed by atoms with Gasteiger partial charge in [0.05, 0.1) is 12.7 Å². The van der Waals surface area contributed by atoms with E-state index in [0.29, 0.717) is 37.7 Å². The maximum absolute atomic E-state index is 13.9. The van der Waals surface area contributed by atoms with Crippen molar-refractivity contribution in [2.45, 2.75) is 95.6 Å². The Hall–Kier alpha value is -1.16. The Balaban J connectivity index is 1.52. The van der Waals surface area contributed by atoms with Crippen molar-refractivity contribution in [1.82, 2.24) is 0 Å². The minimum Gasteiger partial charge on any atom is -0.387 e. The standard InChI is InChI=1S/C25H36O8/c1-12(2)15(26)7-8-22(3)9-10-23(4)14(18(22)28)6-5-13-16-19(23)33-21-25(16,31)20(29)24(30,11-32-21)17(13)27/h5,12,14,16-17,19-21,27,29-31H,6-11H2,1-4H3/t14-,16+,17?,19-,20?,21?,22+,23+,24?,25?/m0/s1. The molecular formula is C25H36O8. The van der Waals surface area contributed by atoms with Crippen LogP contribution in [0.3, 0.4) is 0 Å². The fourth-order valence-electron chi connectivity index (χ4n) is 7.24. The van der Waals surface area contributed by atoms with Crippen LogP contribution in [0, 0.1) is 28.6 Å². The molecule has 5 unspecified atom stereocenters. The molecule has 184 valence electrons. The van der Waals surface area contributed by atoms with E-state index in [-0.39, 0.29) is 24.1 Å². The lowest BCUT2D eigenvalue weighted by Crippen LogP contribution is -2.77. The van der Waals surface area contributed by atoms with Gasteiger partial charge in [-0.2, -0.15) is 0 Å². The summed E-state index contributed by atoms with van der Waals surface area (Å²) in [5.74, 6) is -1.07. The maximum Gasteiger partial charge on any atom is 0.190 e. The largest absolute Gasteiger partial charge is 0.387 e. The molecule has 4 N–H and O–H groups in total. The molecule has 2 saturated carbocycles. The molecular weight excluding hydrogens is 428 g/mol. The van der Waals surface area contributed by atoms with E-state index in [1.807, 2.05) is 27.7 Å². The molecule has 2 saturated heterocycles. The second-order valence-electron chi connectivity index (χ2n) is 11.9. The first-order valence-corrected chi connectivity index (χ1v) is 12.2. The van der Waals surface area contributed by atoms with Gasteiger partial charge in [0.1, 0.15) is 29.4 Å². The smallest absolute Gasteiger partial charge is 0.190 e. The van der Waals surface area contributed by atoms with E-state index >= 15 is 0 Å². The Morgan fingerprint density at radius 1 is 1.21 bits per heavy atom. The zero-order valence-electron chi connectivity index (χ0n) is 19.8. The summed E-state index contributed by atoms with van der Waals surface area (Å²) >= 11 is 0. The zero-order chi connectivity index (χ0) is 24.1. The minimum absolute atomic E-state index is 0.0676. The van der Waals surface area contributed by atoms with Crippen LogP contribution in [-0.2, 0) is 19.1 Å². The topological polar surface area (TPSA) is 134 Å². The van der Waals surface area contributed by atoms with Crippen LogP contribution in [0.5, 0.6) is 0 Å². The molecule has 0 aromatic carbocycles. The number of carbonyl (C=O) groups excluding carboxylic acids is 2. The van der Waals surface area contributed by atoms with Gasteiger partial charge < -0.3 is 29.9 Å². The van der Waals surface area contributed by atoms with Crippen molar-refractivity contribution in [3.05, 3.63) is 11.6 Å². The monoisotopic (exact) mass is 464 g/mol. The van der Waals surface area contributed by atoms with E-state index in [0.717, 1.165) is 0 Å². The molecule has 0 radical (unpaired) electrons. The van der Waals surface area contributed by atoms with Gasteiger partial charge in [-0.3, -0.25) is 9.59 Å². The number of fused-ring (bicyclic) bond motifs is 3. The van der Waals surface area contributed by atoms with Crippen molar-refractivity contribution >= 4 is 11.6 Å². The first-order chi connectivity index (χ1) is 15.3. The summed E-state index contributed by atoms with van der Waals surface area (Å²) in [5, 5.41) is 44.6. The third-order valence-electron chi connectivity index (χ3n) is 9.70. The number of aliphatic hydroxyl groups excluding tert-OH is 2. The van der Waals surface area contributed by atoms with Gasteiger partial charge in [0.25, 0.3) is 0 Å². The summed E-state index contributed by atoms with van der Waals surface area (Å²) in [7, 11) is 0. The molecule has 8 heteroatoms. The van der Waals surface area contributed by atoms with Crippen LogP contribution in [0.4, 0.5) is 0 Å². The van der Waals surface area contributed by atoms with Gasteiger partial charge in [-0.1, -0.05) is 33.8 Å². The van der Waals surface area contributed by atoms with E-state index < -0.39 is 58.5 Å². The molecule has 5 rings (SSSR count). The van der Waals surface area contributed by atoms with E-state index in [4.69, 9.17) is 9.47 Å². The molecule has 0 aromatic rings. The number of ketones is 2. The van der Waals surface area contributed by atoms with Crippen molar-refractivity contribution in [3.63, 3.8) is 0 Å². The summed E-state index contributed by atoms with van der Waals surface area (Å²) < 4.78 is 11.8. The number of hydrogen-bond donors (Lipinski definition) is 4. The summed E-state index contributed by atoms with van der Waals surface area (Å²) in [6.07, 6.45) is -0.694. The maximum atomic E-state index is 13.9.